The molecule has 11 heteroatoms. The lowest BCUT2D eigenvalue weighted by atomic mass is 9.98. The minimum absolute atomic E-state index is 0.0379. The van der Waals surface area contributed by atoms with E-state index in [1.165, 1.54) is 13.2 Å². The van der Waals surface area contributed by atoms with Gasteiger partial charge in [0.15, 0.2) is 19.9 Å². The van der Waals surface area contributed by atoms with Crippen LogP contribution in [0.5, 0.6) is 5.75 Å². The molecule has 2 aromatic carbocycles. The zero-order valence-corrected chi connectivity index (χ0v) is 25.4. The van der Waals surface area contributed by atoms with Gasteiger partial charge in [-0.15, -0.1) is 0 Å². The fraction of sp³-hybridized carbons (Fsp3) is 0.517. The third-order valence-corrected chi connectivity index (χ3v) is 11.8. The summed E-state index contributed by atoms with van der Waals surface area (Å²) in [5.74, 6) is -2.19. The summed E-state index contributed by atoms with van der Waals surface area (Å²) in [6.45, 7) is 14.2. The first-order chi connectivity index (χ1) is 18.5. The van der Waals surface area contributed by atoms with E-state index in [2.05, 4.69) is 33.9 Å². The van der Waals surface area contributed by atoms with E-state index in [-0.39, 0.29) is 41.5 Å². The largest absolute Gasteiger partial charge is 0.488 e. The van der Waals surface area contributed by atoms with Crippen LogP contribution in [0.1, 0.15) is 56.1 Å². The zero-order chi connectivity index (χ0) is 29.9. The topological polar surface area (TPSA) is 123 Å². The maximum Gasteiger partial charge on any atom is 0.338 e. The summed E-state index contributed by atoms with van der Waals surface area (Å²) in [5.41, 5.74) is 0.362. The van der Waals surface area contributed by atoms with Crippen LogP contribution in [0.2, 0.25) is 18.1 Å². The Bertz CT molecular complexity index is 1240. The number of nitro benzene ring substituents is 1. The standard InChI is InChI=1S/C29H39NO9Si/c1-28(2,3)40(7,8)37-18-25-26(39-29(4,5)38-25)23(31)16-21-22(30(33)34)14-20(27(32)35-6)15-24(21)36-17-19-12-10-9-11-13-19/h9-15,25-26H,16-18H2,1-8H3/t25-,26-/m1/s1. The van der Waals surface area contributed by atoms with Crippen molar-refractivity contribution >= 4 is 25.8 Å². The minimum Gasteiger partial charge on any atom is -0.488 e. The second kappa shape index (κ2) is 12.2. The van der Waals surface area contributed by atoms with Crippen LogP contribution in [-0.4, -0.2) is 56.7 Å². The lowest BCUT2D eigenvalue weighted by molar-refractivity contribution is -0.385. The van der Waals surface area contributed by atoms with Gasteiger partial charge in [-0.3, -0.25) is 14.9 Å². The van der Waals surface area contributed by atoms with Crippen LogP contribution in [0.25, 0.3) is 0 Å². The molecule has 3 rings (SSSR count). The summed E-state index contributed by atoms with van der Waals surface area (Å²) in [7, 11) is -0.972. The monoisotopic (exact) mass is 573 g/mol. The van der Waals surface area contributed by atoms with E-state index in [0.717, 1.165) is 11.6 Å². The molecule has 1 aliphatic heterocycles. The average molecular weight is 574 g/mol. The third kappa shape index (κ3) is 7.54. The molecule has 1 aliphatic rings. The van der Waals surface area contributed by atoms with Gasteiger partial charge in [-0.1, -0.05) is 51.1 Å². The van der Waals surface area contributed by atoms with E-state index < -0.39 is 48.7 Å². The number of nitro groups is 1. The average Bonchev–Trinajstić information content (AvgIpc) is 3.20. The summed E-state index contributed by atoms with van der Waals surface area (Å²) in [5, 5.41) is 12.1. The molecule has 2 aromatic rings. The number of carbonyl (C=O) groups is 2. The zero-order valence-electron chi connectivity index (χ0n) is 24.4. The first-order valence-electron chi connectivity index (χ1n) is 13.1. The molecule has 0 aromatic heterocycles. The van der Waals surface area contributed by atoms with Crippen molar-refractivity contribution in [2.45, 2.75) is 83.8 Å². The fourth-order valence-corrected chi connectivity index (χ4v) is 5.10. The number of carbonyl (C=O) groups excluding carboxylic acids is 2. The first kappa shape index (κ1) is 31.4. The van der Waals surface area contributed by atoms with Crippen molar-refractivity contribution in [1.82, 2.24) is 0 Å². The number of ketones is 1. The van der Waals surface area contributed by atoms with E-state index in [9.17, 15) is 19.7 Å². The Kier molecular flexibility index (Phi) is 9.56. The van der Waals surface area contributed by atoms with Crippen molar-refractivity contribution in [3.63, 3.8) is 0 Å². The highest BCUT2D eigenvalue weighted by molar-refractivity contribution is 6.74. The molecule has 1 fully saturated rings. The number of methoxy groups -OCH3 is 1. The molecule has 0 amide bonds. The lowest BCUT2D eigenvalue weighted by Gasteiger charge is -2.37. The number of Topliss-reactive ketones (excluding diaryl/α,β-unsaturated/α-hetero) is 1. The summed E-state index contributed by atoms with van der Waals surface area (Å²) in [4.78, 5) is 37.4. The van der Waals surface area contributed by atoms with Gasteiger partial charge in [0.25, 0.3) is 5.69 Å². The Balaban J connectivity index is 1.94. The quantitative estimate of drug-likeness (QED) is 0.146. The smallest absolute Gasteiger partial charge is 0.338 e. The second-order valence-electron chi connectivity index (χ2n) is 11.8. The van der Waals surface area contributed by atoms with Gasteiger partial charge in [0.1, 0.15) is 24.6 Å². The Labute approximate surface area is 236 Å². The number of hydrogen-bond acceptors (Lipinski definition) is 9. The van der Waals surface area contributed by atoms with Crippen LogP contribution in [0, 0.1) is 10.1 Å². The molecule has 10 nitrogen and oxygen atoms in total. The van der Waals surface area contributed by atoms with Crippen LogP contribution in [-0.2, 0) is 36.5 Å². The van der Waals surface area contributed by atoms with Crippen LogP contribution < -0.4 is 4.74 Å². The van der Waals surface area contributed by atoms with Gasteiger partial charge in [-0.05, 0) is 43.6 Å². The van der Waals surface area contributed by atoms with Crippen LogP contribution >= 0.6 is 0 Å². The molecular weight excluding hydrogens is 534 g/mol. The van der Waals surface area contributed by atoms with Gasteiger partial charge >= 0.3 is 5.97 Å². The highest BCUT2D eigenvalue weighted by atomic mass is 28.4. The van der Waals surface area contributed by atoms with Crippen LogP contribution in [0.4, 0.5) is 5.69 Å². The number of benzene rings is 2. The molecule has 0 bridgehead atoms. The van der Waals surface area contributed by atoms with Crippen molar-refractivity contribution in [3.05, 3.63) is 69.3 Å². The molecule has 40 heavy (non-hydrogen) atoms. The van der Waals surface area contributed by atoms with Gasteiger partial charge in [-0.2, -0.15) is 0 Å². The molecule has 218 valence electrons. The Morgan fingerprint density at radius 3 is 2.33 bits per heavy atom. The molecule has 0 spiro atoms. The predicted octanol–water partition coefficient (Wildman–Crippen LogP) is 5.61. The number of nitrogens with zero attached hydrogens (tertiary/aromatic N) is 1. The van der Waals surface area contributed by atoms with Crippen LogP contribution in [0.15, 0.2) is 42.5 Å². The second-order valence-corrected chi connectivity index (χ2v) is 16.6. The molecule has 0 N–H and O–H groups in total. The Morgan fingerprint density at radius 1 is 1.10 bits per heavy atom. The lowest BCUT2D eigenvalue weighted by Crippen LogP contribution is -2.45. The predicted molar refractivity (Wildman–Crippen MR) is 151 cm³/mol. The SMILES string of the molecule is COC(=O)c1cc(OCc2ccccc2)c(CC(=O)[C@H]2OC(C)(C)O[C@@H]2CO[Si](C)(C)C(C)(C)C)c([N+](=O)[O-])c1. The van der Waals surface area contributed by atoms with E-state index in [4.69, 9.17) is 23.4 Å². The van der Waals surface area contributed by atoms with Gasteiger partial charge in [0, 0.05) is 12.5 Å². The Hall–Kier alpha value is -3.12. The number of hydrogen-bond donors (Lipinski definition) is 0. The van der Waals surface area contributed by atoms with Crippen molar-refractivity contribution in [3.8, 4) is 5.75 Å². The van der Waals surface area contributed by atoms with Gasteiger partial charge < -0.3 is 23.4 Å². The maximum absolute atomic E-state index is 13.7. The molecule has 0 saturated carbocycles. The van der Waals surface area contributed by atoms with Gasteiger partial charge in [0.2, 0.25) is 0 Å². The first-order valence-corrected chi connectivity index (χ1v) is 16.0. The number of rotatable bonds is 11. The van der Waals surface area contributed by atoms with Crippen molar-refractivity contribution < 1.29 is 37.9 Å². The maximum atomic E-state index is 13.7. The highest BCUT2D eigenvalue weighted by Gasteiger charge is 2.47. The van der Waals surface area contributed by atoms with E-state index in [0.29, 0.717) is 0 Å². The molecular formula is C29H39NO9Si. The fourth-order valence-electron chi connectivity index (χ4n) is 4.08. The van der Waals surface area contributed by atoms with Crippen molar-refractivity contribution in [1.29, 1.82) is 0 Å². The van der Waals surface area contributed by atoms with Gasteiger partial charge in [0.05, 0.1) is 29.8 Å². The summed E-state index contributed by atoms with van der Waals surface area (Å²) < 4.78 is 29.1. The summed E-state index contributed by atoms with van der Waals surface area (Å²) >= 11 is 0. The Morgan fingerprint density at radius 2 is 1.75 bits per heavy atom. The third-order valence-electron chi connectivity index (χ3n) is 7.31. The van der Waals surface area contributed by atoms with E-state index in [1.54, 1.807) is 13.8 Å². The summed E-state index contributed by atoms with van der Waals surface area (Å²) in [6.07, 6.45) is -2.08. The molecule has 0 unspecified atom stereocenters. The van der Waals surface area contributed by atoms with Crippen molar-refractivity contribution in [2.75, 3.05) is 13.7 Å². The molecule has 2 atom stereocenters. The normalized spacial score (nSPS) is 18.8. The summed E-state index contributed by atoms with van der Waals surface area (Å²) in [6, 6.07) is 11.6. The van der Waals surface area contributed by atoms with Gasteiger partial charge in [-0.25, -0.2) is 4.79 Å². The van der Waals surface area contributed by atoms with E-state index in [1.807, 2.05) is 30.3 Å². The molecule has 0 aliphatic carbocycles. The number of ether oxygens (including phenoxy) is 4. The number of esters is 1. The van der Waals surface area contributed by atoms with E-state index >= 15 is 0 Å². The van der Waals surface area contributed by atoms with Crippen LogP contribution in [0.3, 0.4) is 0 Å². The molecule has 0 radical (unpaired) electrons. The molecule has 1 saturated heterocycles. The molecule has 1 heterocycles. The minimum atomic E-state index is -2.15. The van der Waals surface area contributed by atoms with Crippen molar-refractivity contribution in [2.24, 2.45) is 0 Å². The highest BCUT2D eigenvalue weighted by Crippen LogP contribution is 2.39.